The second kappa shape index (κ2) is 6.41. The molecule has 4 rings (SSSR count). The molecule has 0 amide bonds. The number of rotatable bonds is 3. The van der Waals surface area contributed by atoms with Gasteiger partial charge in [-0.2, -0.15) is 0 Å². The molecule has 0 N–H and O–H groups in total. The summed E-state index contributed by atoms with van der Waals surface area (Å²) < 4.78 is 5.55. The SMILES string of the molecule is CCCC(=O)OC1=CC2=CC[C@@H]3[C@H](CC[C@]4(C)C(=O)CC[C@@H]34)[C@H]2CC1. The Kier molecular flexibility index (Phi) is 4.37. The topological polar surface area (TPSA) is 43.4 Å². The van der Waals surface area contributed by atoms with Crippen LogP contribution in [-0.2, 0) is 14.3 Å². The van der Waals surface area contributed by atoms with E-state index >= 15 is 0 Å². The lowest BCUT2D eigenvalue weighted by atomic mass is 9.53. The van der Waals surface area contributed by atoms with Gasteiger partial charge in [0.25, 0.3) is 0 Å². The third-order valence-electron chi connectivity index (χ3n) is 7.50. The van der Waals surface area contributed by atoms with Crippen LogP contribution in [0.5, 0.6) is 0 Å². The molecule has 0 saturated heterocycles. The summed E-state index contributed by atoms with van der Waals surface area (Å²) >= 11 is 0. The second-order valence-corrected chi connectivity index (χ2v) is 8.77. The highest BCUT2D eigenvalue weighted by molar-refractivity contribution is 5.87. The van der Waals surface area contributed by atoms with Crippen molar-refractivity contribution in [2.75, 3.05) is 0 Å². The van der Waals surface area contributed by atoms with E-state index in [0.29, 0.717) is 35.9 Å². The number of ether oxygens (including phenoxy) is 1. The van der Waals surface area contributed by atoms with Crippen LogP contribution in [0.1, 0.15) is 71.6 Å². The Morgan fingerprint density at radius 1 is 1.24 bits per heavy atom. The average molecular weight is 342 g/mol. The van der Waals surface area contributed by atoms with Gasteiger partial charge in [-0.15, -0.1) is 0 Å². The molecule has 0 aromatic heterocycles. The molecule has 0 heterocycles. The van der Waals surface area contributed by atoms with Crippen LogP contribution in [0.2, 0.25) is 0 Å². The first kappa shape index (κ1) is 17.1. The first-order chi connectivity index (χ1) is 12.0. The molecule has 2 saturated carbocycles. The normalized spacial score (nSPS) is 39.7. The van der Waals surface area contributed by atoms with E-state index in [1.807, 2.05) is 6.92 Å². The van der Waals surface area contributed by atoms with Crippen molar-refractivity contribution in [2.24, 2.45) is 29.1 Å². The molecule has 0 aromatic rings. The molecule has 0 aromatic carbocycles. The lowest BCUT2D eigenvalue weighted by Gasteiger charge is -2.50. The predicted molar refractivity (Wildman–Crippen MR) is 96.6 cm³/mol. The summed E-state index contributed by atoms with van der Waals surface area (Å²) in [4.78, 5) is 24.2. The molecular formula is C22H30O3. The summed E-state index contributed by atoms with van der Waals surface area (Å²) in [5.74, 6) is 3.86. The zero-order valence-electron chi connectivity index (χ0n) is 15.6. The number of esters is 1. The van der Waals surface area contributed by atoms with Crippen molar-refractivity contribution in [3.05, 3.63) is 23.5 Å². The van der Waals surface area contributed by atoms with Crippen LogP contribution >= 0.6 is 0 Å². The first-order valence-corrected chi connectivity index (χ1v) is 10.2. The van der Waals surface area contributed by atoms with Gasteiger partial charge in [-0.3, -0.25) is 9.59 Å². The molecule has 3 heteroatoms. The highest BCUT2D eigenvalue weighted by atomic mass is 16.5. The Bertz CT molecular complexity index is 644. The number of hydrogen-bond donors (Lipinski definition) is 0. The van der Waals surface area contributed by atoms with Gasteiger partial charge < -0.3 is 4.74 Å². The van der Waals surface area contributed by atoms with E-state index in [1.165, 1.54) is 12.0 Å². The van der Waals surface area contributed by atoms with E-state index < -0.39 is 0 Å². The Morgan fingerprint density at radius 3 is 2.88 bits per heavy atom. The average Bonchev–Trinajstić information content (AvgIpc) is 2.90. The van der Waals surface area contributed by atoms with Crippen molar-refractivity contribution < 1.29 is 14.3 Å². The summed E-state index contributed by atoms with van der Waals surface area (Å²) in [6.45, 7) is 4.23. The number of allylic oxidation sites excluding steroid dienone is 4. The van der Waals surface area contributed by atoms with Gasteiger partial charge in [0, 0.05) is 24.7 Å². The summed E-state index contributed by atoms with van der Waals surface area (Å²) in [5, 5.41) is 0. The second-order valence-electron chi connectivity index (χ2n) is 8.77. The van der Waals surface area contributed by atoms with Gasteiger partial charge in [0.2, 0.25) is 0 Å². The Balaban J connectivity index is 1.52. The van der Waals surface area contributed by atoms with Gasteiger partial charge in [0.1, 0.15) is 11.5 Å². The van der Waals surface area contributed by atoms with Gasteiger partial charge >= 0.3 is 5.97 Å². The van der Waals surface area contributed by atoms with Crippen LogP contribution in [0.3, 0.4) is 0 Å². The molecule has 3 nitrogen and oxygen atoms in total. The molecule has 0 radical (unpaired) electrons. The number of Topliss-reactive ketones (excluding diaryl/α,β-unsaturated/α-hetero) is 1. The van der Waals surface area contributed by atoms with Crippen molar-refractivity contribution in [1.29, 1.82) is 0 Å². The van der Waals surface area contributed by atoms with Gasteiger partial charge in [-0.1, -0.05) is 19.9 Å². The lowest BCUT2D eigenvalue weighted by molar-refractivity contribution is -0.139. The number of ketones is 1. The van der Waals surface area contributed by atoms with Crippen LogP contribution in [-0.4, -0.2) is 11.8 Å². The fourth-order valence-electron chi connectivity index (χ4n) is 6.18. The molecular weight excluding hydrogens is 312 g/mol. The molecule has 0 aliphatic heterocycles. The quantitative estimate of drug-likeness (QED) is 0.680. The van der Waals surface area contributed by atoms with Crippen LogP contribution in [0.4, 0.5) is 0 Å². The fourth-order valence-corrected chi connectivity index (χ4v) is 6.18. The molecule has 4 aliphatic rings. The molecule has 4 aliphatic carbocycles. The monoisotopic (exact) mass is 342 g/mol. The van der Waals surface area contributed by atoms with E-state index in [4.69, 9.17) is 4.74 Å². The van der Waals surface area contributed by atoms with Crippen LogP contribution in [0, 0.1) is 29.1 Å². The molecule has 5 atom stereocenters. The maximum Gasteiger partial charge on any atom is 0.310 e. The van der Waals surface area contributed by atoms with Crippen molar-refractivity contribution in [3.63, 3.8) is 0 Å². The molecule has 0 bridgehead atoms. The third-order valence-corrected chi connectivity index (χ3v) is 7.50. The summed E-state index contributed by atoms with van der Waals surface area (Å²) in [6.07, 6.45) is 13.1. The predicted octanol–water partition coefficient (Wildman–Crippen LogP) is 4.97. The van der Waals surface area contributed by atoms with E-state index in [9.17, 15) is 9.59 Å². The van der Waals surface area contributed by atoms with E-state index in [1.54, 1.807) is 0 Å². The molecule has 0 spiro atoms. The Labute approximate surface area is 150 Å². The van der Waals surface area contributed by atoms with Crippen LogP contribution < -0.4 is 0 Å². The van der Waals surface area contributed by atoms with Crippen molar-refractivity contribution in [2.45, 2.75) is 71.6 Å². The van der Waals surface area contributed by atoms with E-state index in [2.05, 4.69) is 19.1 Å². The Morgan fingerprint density at radius 2 is 2.08 bits per heavy atom. The smallest absolute Gasteiger partial charge is 0.310 e. The number of hydrogen-bond acceptors (Lipinski definition) is 3. The van der Waals surface area contributed by atoms with E-state index in [0.717, 1.165) is 50.7 Å². The highest BCUT2D eigenvalue weighted by Gasteiger charge is 2.55. The van der Waals surface area contributed by atoms with Crippen LogP contribution in [0.15, 0.2) is 23.5 Å². The molecule has 136 valence electrons. The van der Waals surface area contributed by atoms with Crippen molar-refractivity contribution in [3.8, 4) is 0 Å². The third kappa shape index (κ3) is 2.80. The van der Waals surface area contributed by atoms with Gasteiger partial charge in [-0.05, 0) is 73.8 Å². The van der Waals surface area contributed by atoms with Gasteiger partial charge in [-0.25, -0.2) is 0 Å². The maximum atomic E-state index is 12.4. The Hall–Kier alpha value is -1.38. The number of carbonyl (C=O) groups excluding carboxylic acids is 2. The van der Waals surface area contributed by atoms with Crippen molar-refractivity contribution in [1.82, 2.24) is 0 Å². The molecule has 0 unspecified atom stereocenters. The fraction of sp³-hybridized carbons (Fsp3) is 0.727. The largest absolute Gasteiger partial charge is 0.431 e. The van der Waals surface area contributed by atoms with Crippen molar-refractivity contribution >= 4 is 11.8 Å². The minimum atomic E-state index is -0.0978. The zero-order valence-corrected chi connectivity index (χ0v) is 15.6. The number of carbonyl (C=O) groups is 2. The standard InChI is InChI=1S/C22H30O3/c1-3-4-21(24)25-15-6-8-16-14(13-15)5-7-18-17(16)11-12-22(2)19(18)9-10-20(22)23/h5,13,16-19H,3-4,6-12H2,1-2H3/t16-,17+,18+,19-,22-/m0/s1. The summed E-state index contributed by atoms with van der Waals surface area (Å²) in [5.41, 5.74) is 1.34. The van der Waals surface area contributed by atoms with Gasteiger partial charge in [0.15, 0.2) is 0 Å². The highest BCUT2D eigenvalue weighted by Crippen LogP contribution is 2.59. The van der Waals surface area contributed by atoms with Crippen LogP contribution in [0.25, 0.3) is 0 Å². The zero-order chi connectivity index (χ0) is 17.6. The summed E-state index contributed by atoms with van der Waals surface area (Å²) in [7, 11) is 0. The van der Waals surface area contributed by atoms with Gasteiger partial charge in [0.05, 0.1) is 0 Å². The molecule has 25 heavy (non-hydrogen) atoms. The molecule has 2 fully saturated rings. The maximum absolute atomic E-state index is 12.4. The lowest BCUT2D eigenvalue weighted by Crippen LogP contribution is -2.45. The minimum Gasteiger partial charge on any atom is -0.431 e. The number of fused-ring (bicyclic) bond motifs is 5. The summed E-state index contributed by atoms with van der Waals surface area (Å²) in [6, 6.07) is 0. The first-order valence-electron chi connectivity index (χ1n) is 10.2. The van der Waals surface area contributed by atoms with E-state index in [-0.39, 0.29) is 11.4 Å². The minimum absolute atomic E-state index is 0.0438.